The lowest BCUT2D eigenvalue weighted by Crippen LogP contribution is -2.35. The highest BCUT2D eigenvalue weighted by molar-refractivity contribution is 5.94. The Morgan fingerprint density at radius 2 is 2.14 bits per heavy atom. The molecule has 1 aromatic carbocycles. The summed E-state index contributed by atoms with van der Waals surface area (Å²) in [6.45, 7) is 3.57. The van der Waals surface area contributed by atoms with Crippen molar-refractivity contribution in [3.8, 4) is 5.75 Å². The first-order chi connectivity index (χ1) is 10.2. The number of ether oxygens (including phenoxy) is 1. The van der Waals surface area contributed by atoms with Crippen molar-refractivity contribution in [2.24, 2.45) is 0 Å². The number of nitrogens with zero attached hydrogens (tertiary/aromatic N) is 2. The number of halogens is 1. The Labute approximate surface area is 123 Å². The molecule has 5 nitrogen and oxygen atoms in total. The highest BCUT2D eigenvalue weighted by Crippen LogP contribution is 2.19. The van der Waals surface area contributed by atoms with Gasteiger partial charge in [-0.1, -0.05) is 0 Å². The maximum absolute atomic E-state index is 13.7. The van der Waals surface area contributed by atoms with E-state index in [-0.39, 0.29) is 18.3 Å². The highest BCUT2D eigenvalue weighted by Gasteiger charge is 2.21. The van der Waals surface area contributed by atoms with Gasteiger partial charge in [0.15, 0.2) is 11.6 Å². The number of methoxy groups -OCH3 is 1. The second-order valence-electron chi connectivity index (χ2n) is 5.06. The molecule has 0 aromatic heterocycles. The molecule has 1 aromatic rings. The van der Waals surface area contributed by atoms with Crippen LogP contribution in [0, 0.1) is 5.82 Å². The first kappa shape index (κ1) is 15.7. The van der Waals surface area contributed by atoms with Crippen LogP contribution in [-0.4, -0.2) is 67.3 Å². The molecule has 1 heterocycles. The number of carbonyl (C=O) groups is 1. The SMILES string of the molecule is COc1ccc(C(=O)N2CCCN(CCO)CC2)cc1F. The van der Waals surface area contributed by atoms with E-state index in [1.54, 1.807) is 11.0 Å². The molecule has 0 atom stereocenters. The van der Waals surface area contributed by atoms with Gasteiger partial charge in [0.05, 0.1) is 13.7 Å². The molecule has 6 heteroatoms. The molecule has 21 heavy (non-hydrogen) atoms. The van der Waals surface area contributed by atoms with Crippen LogP contribution >= 0.6 is 0 Å². The highest BCUT2D eigenvalue weighted by atomic mass is 19.1. The summed E-state index contributed by atoms with van der Waals surface area (Å²) in [5, 5.41) is 8.97. The molecule has 1 amide bonds. The van der Waals surface area contributed by atoms with Gasteiger partial charge in [-0.3, -0.25) is 9.69 Å². The van der Waals surface area contributed by atoms with E-state index in [1.165, 1.54) is 19.2 Å². The van der Waals surface area contributed by atoms with E-state index in [9.17, 15) is 9.18 Å². The van der Waals surface area contributed by atoms with Gasteiger partial charge in [-0.05, 0) is 31.2 Å². The number of aliphatic hydroxyl groups excluding tert-OH is 1. The number of hydrogen-bond donors (Lipinski definition) is 1. The van der Waals surface area contributed by atoms with E-state index in [2.05, 4.69) is 4.90 Å². The van der Waals surface area contributed by atoms with Crippen LogP contribution in [0.4, 0.5) is 4.39 Å². The van der Waals surface area contributed by atoms with Crippen molar-refractivity contribution in [1.29, 1.82) is 0 Å². The minimum absolute atomic E-state index is 0.123. The van der Waals surface area contributed by atoms with Crippen LogP contribution in [0.1, 0.15) is 16.8 Å². The van der Waals surface area contributed by atoms with Crippen molar-refractivity contribution in [3.63, 3.8) is 0 Å². The van der Waals surface area contributed by atoms with Gasteiger partial charge in [-0.25, -0.2) is 4.39 Å². The minimum atomic E-state index is -0.528. The Hall–Kier alpha value is -1.66. The third kappa shape index (κ3) is 3.92. The molecule has 0 bridgehead atoms. The summed E-state index contributed by atoms with van der Waals surface area (Å²) in [5.41, 5.74) is 0.337. The molecule has 0 radical (unpaired) electrons. The Kier molecular flexibility index (Phi) is 5.52. The van der Waals surface area contributed by atoms with E-state index in [4.69, 9.17) is 9.84 Å². The van der Waals surface area contributed by atoms with Gasteiger partial charge in [0.25, 0.3) is 5.91 Å². The normalized spacial score (nSPS) is 16.6. The summed E-state index contributed by atoms with van der Waals surface area (Å²) < 4.78 is 18.5. The fraction of sp³-hybridized carbons (Fsp3) is 0.533. The van der Waals surface area contributed by atoms with Crippen molar-refractivity contribution in [2.45, 2.75) is 6.42 Å². The standard InChI is InChI=1S/C15H21FN2O3/c1-21-14-4-3-12(11-13(14)16)15(20)18-6-2-5-17(7-8-18)9-10-19/h3-4,11,19H,2,5-10H2,1H3. The minimum Gasteiger partial charge on any atom is -0.494 e. The molecular formula is C15H21FN2O3. The zero-order chi connectivity index (χ0) is 15.2. The lowest BCUT2D eigenvalue weighted by molar-refractivity contribution is 0.0760. The van der Waals surface area contributed by atoms with Crippen LogP contribution in [0.15, 0.2) is 18.2 Å². The van der Waals surface area contributed by atoms with E-state index >= 15 is 0 Å². The van der Waals surface area contributed by atoms with E-state index < -0.39 is 5.82 Å². The second-order valence-corrected chi connectivity index (χ2v) is 5.06. The summed E-state index contributed by atoms with van der Waals surface area (Å²) >= 11 is 0. The Morgan fingerprint density at radius 1 is 1.33 bits per heavy atom. The summed E-state index contributed by atoms with van der Waals surface area (Å²) in [5.74, 6) is -0.556. The number of β-amino-alcohol motifs (C(OH)–C–C–N with tert-alkyl or cyclic N) is 1. The Morgan fingerprint density at radius 3 is 2.81 bits per heavy atom. The molecule has 1 fully saturated rings. The van der Waals surface area contributed by atoms with Gasteiger partial charge >= 0.3 is 0 Å². The number of benzene rings is 1. The molecule has 2 rings (SSSR count). The number of rotatable bonds is 4. The van der Waals surface area contributed by atoms with Crippen LogP contribution in [-0.2, 0) is 0 Å². The van der Waals surface area contributed by atoms with Crippen molar-refractivity contribution >= 4 is 5.91 Å². The first-order valence-corrected chi connectivity index (χ1v) is 7.11. The van der Waals surface area contributed by atoms with E-state index in [0.717, 1.165) is 19.5 Å². The monoisotopic (exact) mass is 296 g/mol. The molecule has 0 unspecified atom stereocenters. The third-order valence-corrected chi connectivity index (χ3v) is 3.69. The molecule has 1 aliphatic rings. The van der Waals surface area contributed by atoms with Crippen molar-refractivity contribution < 1.29 is 19.0 Å². The molecule has 1 saturated heterocycles. The average Bonchev–Trinajstić information content (AvgIpc) is 2.72. The Balaban J connectivity index is 2.04. The smallest absolute Gasteiger partial charge is 0.254 e. The molecule has 1 N–H and O–H groups in total. The number of aliphatic hydroxyl groups is 1. The lowest BCUT2D eigenvalue weighted by Gasteiger charge is -2.21. The first-order valence-electron chi connectivity index (χ1n) is 7.11. The van der Waals surface area contributed by atoms with Crippen LogP contribution in [0.3, 0.4) is 0 Å². The number of hydrogen-bond acceptors (Lipinski definition) is 4. The molecule has 0 spiro atoms. The number of carbonyl (C=O) groups excluding carboxylic acids is 1. The largest absolute Gasteiger partial charge is 0.494 e. The average molecular weight is 296 g/mol. The summed E-state index contributed by atoms with van der Waals surface area (Å²) in [7, 11) is 1.39. The predicted molar refractivity (Wildman–Crippen MR) is 77.0 cm³/mol. The van der Waals surface area contributed by atoms with E-state index in [1.807, 2.05) is 0 Å². The van der Waals surface area contributed by atoms with Gasteiger partial charge in [-0.2, -0.15) is 0 Å². The van der Waals surface area contributed by atoms with Gasteiger partial charge in [0.2, 0.25) is 0 Å². The molecule has 116 valence electrons. The van der Waals surface area contributed by atoms with Crippen molar-refractivity contribution in [3.05, 3.63) is 29.6 Å². The fourth-order valence-corrected chi connectivity index (χ4v) is 2.52. The van der Waals surface area contributed by atoms with Gasteiger partial charge in [0, 0.05) is 31.7 Å². The van der Waals surface area contributed by atoms with Crippen LogP contribution in [0.25, 0.3) is 0 Å². The van der Waals surface area contributed by atoms with Gasteiger partial charge in [-0.15, -0.1) is 0 Å². The molecule has 1 aliphatic heterocycles. The third-order valence-electron chi connectivity index (χ3n) is 3.69. The second kappa shape index (κ2) is 7.38. The summed E-state index contributed by atoms with van der Waals surface area (Å²) in [6.07, 6.45) is 0.852. The summed E-state index contributed by atoms with van der Waals surface area (Å²) in [4.78, 5) is 16.3. The quantitative estimate of drug-likeness (QED) is 0.900. The zero-order valence-corrected chi connectivity index (χ0v) is 12.2. The van der Waals surface area contributed by atoms with E-state index in [0.29, 0.717) is 25.2 Å². The van der Waals surface area contributed by atoms with Crippen LogP contribution in [0.5, 0.6) is 5.75 Å². The predicted octanol–water partition coefficient (Wildman–Crippen LogP) is 0.974. The van der Waals surface area contributed by atoms with Gasteiger partial charge < -0.3 is 14.7 Å². The lowest BCUT2D eigenvalue weighted by atomic mass is 10.1. The maximum Gasteiger partial charge on any atom is 0.254 e. The van der Waals surface area contributed by atoms with Crippen molar-refractivity contribution in [2.75, 3.05) is 46.4 Å². The molecule has 0 saturated carbocycles. The summed E-state index contributed by atoms with van der Waals surface area (Å²) in [6, 6.07) is 4.27. The topological polar surface area (TPSA) is 53.0 Å². The molecule has 0 aliphatic carbocycles. The fourth-order valence-electron chi connectivity index (χ4n) is 2.52. The Bertz CT molecular complexity index is 496. The van der Waals surface area contributed by atoms with Gasteiger partial charge in [0.1, 0.15) is 0 Å². The molecular weight excluding hydrogens is 275 g/mol. The van der Waals surface area contributed by atoms with Crippen molar-refractivity contribution in [1.82, 2.24) is 9.80 Å². The van der Waals surface area contributed by atoms with Crippen LogP contribution < -0.4 is 4.74 Å². The zero-order valence-electron chi connectivity index (χ0n) is 12.2. The van der Waals surface area contributed by atoms with Crippen LogP contribution in [0.2, 0.25) is 0 Å². The number of amides is 1. The maximum atomic E-state index is 13.7.